The van der Waals surface area contributed by atoms with Gasteiger partial charge in [0.2, 0.25) is 0 Å². The van der Waals surface area contributed by atoms with Crippen LogP contribution >= 0.6 is 0 Å². The van der Waals surface area contributed by atoms with E-state index in [1.165, 1.54) is 16.7 Å². The Hall–Kier alpha value is -3.65. The Balaban J connectivity index is 1.60. The second-order valence-corrected chi connectivity index (χ2v) is 8.79. The number of halogens is 3. The third-order valence-electron chi connectivity index (χ3n) is 6.45. The maximum absolute atomic E-state index is 12.6. The van der Waals surface area contributed by atoms with Crippen LogP contribution in [0.5, 0.6) is 5.75 Å². The normalized spacial score (nSPS) is 20.0. The van der Waals surface area contributed by atoms with Crippen LogP contribution in [0.15, 0.2) is 41.2 Å². The Morgan fingerprint density at radius 1 is 1.09 bits per heavy atom. The molecule has 3 heterocycles. The summed E-state index contributed by atoms with van der Waals surface area (Å²) in [6, 6.07) is 11.1. The Bertz CT molecular complexity index is 1330. The molecule has 1 aromatic carbocycles. The van der Waals surface area contributed by atoms with Gasteiger partial charge in [-0.3, -0.25) is 9.47 Å². The first kappa shape index (κ1) is 24.5. The largest absolute Gasteiger partial charge is 0.573 e. The van der Waals surface area contributed by atoms with Crippen molar-refractivity contribution in [2.75, 3.05) is 18.0 Å². The minimum atomic E-state index is -4.73. The third kappa shape index (κ3) is 4.93. The Morgan fingerprint density at radius 3 is 2.40 bits per heavy atom. The molecule has 0 aliphatic carbocycles. The van der Waals surface area contributed by atoms with E-state index in [9.17, 15) is 23.2 Å². The summed E-state index contributed by atoms with van der Waals surface area (Å²) in [6.07, 6.45) is -4.73. The quantitative estimate of drug-likeness (QED) is 0.555. The minimum Gasteiger partial charge on any atom is -0.406 e. The first-order valence-corrected chi connectivity index (χ1v) is 11.1. The van der Waals surface area contributed by atoms with Gasteiger partial charge in [-0.1, -0.05) is 12.1 Å². The van der Waals surface area contributed by atoms with Gasteiger partial charge in [0, 0.05) is 38.3 Å². The van der Waals surface area contributed by atoms with E-state index in [1.54, 1.807) is 31.3 Å². The maximum Gasteiger partial charge on any atom is 0.573 e. The minimum absolute atomic E-state index is 0.0346. The van der Waals surface area contributed by atoms with Gasteiger partial charge in [0.1, 0.15) is 23.0 Å². The molecule has 1 fully saturated rings. The van der Waals surface area contributed by atoms with Gasteiger partial charge >= 0.3 is 12.1 Å². The third-order valence-corrected chi connectivity index (χ3v) is 6.45. The molecule has 0 N–H and O–H groups in total. The fourth-order valence-corrected chi connectivity index (χ4v) is 4.60. The van der Waals surface area contributed by atoms with Gasteiger partial charge in [-0.2, -0.15) is 10.2 Å². The van der Waals surface area contributed by atoms with E-state index in [2.05, 4.69) is 19.6 Å². The number of ether oxygens (including phenoxy) is 1. The van der Waals surface area contributed by atoms with Gasteiger partial charge in [-0.05, 0) is 50.6 Å². The zero-order chi connectivity index (χ0) is 25.5. The smallest absolute Gasteiger partial charge is 0.406 e. The van der Waals surface area contributed by atoms with Crippen molar-refractivity contribution in [3.8, 4) is 11.8 Å². The molecule has 4 rings (SSSR count). The first-order chi connectivity index (χ1) is 16.5. The number of benzene rings is 1. The van der Waals surface area contributed by atoms with Crippen LogP contribution in [-0.2, 0) is 7.05 Å². The molecule has 1 saturated heterocycles. The van der Waals surface area contributed by atoms with E-state index >= 15 is 0 Å². The van der Waals surface area contributed by atoms with Crippen LogP contribution in [-0.4, -0.2) is 51.0 Å². The van der Waals surface area contributed by atoms with Crippen molar-refractivity contribution in [1.82, 2.24) is 19.4 Å². The molecule has 3 aromatic rings. The van der Waals surface area contributed by atoms with Crippen LogP contribution in [0, 0.1) is 11.3 Å². The zero-order valence-corrected chi connectivity index (χ0v) is 19.7. The Labute approximate surface area is 200 Å². The molecule has 1 aliphatic heterocycles. The lowest BCUT2D eigenvalue weighted by atomic mass is 10.0. The van der Waals surface area contributed by atoms with Gasteiger partial charge in [0.25, 0.3) is 0 Å². The molecule has 1 unspecified atom stereocenters. The molecule has 11 heteroatoms. The lowest BCUT2D eigenvalue weighted by molar-refractivity contribution is -0.274. The fourth-order valence-electron chi connectivity index (χ4n) is 4.60. The van der Waals surface area contributed by atoms with Crippen LogP contribution in [0.25, 0.3) is 11.0 Å². The highest BCUT2D eigenvalue weighted by atomic mass is 19.4. The van der Waals surface area contributed by atoms with Crippen molar-refractivity contribution >= 4 is 16.9 Å². The molecule has 35 heavy (non-hydrogen) atoms. The Kier molecular flexibility index (Phi) is 6.42. The number of pyridine rings is 1. The highest BCUT2D eigenvalue weighted by molar-refractivity contribution is 5.86. The predicted molar refractivity (Wildman–Crippen MR) is 124 cm³/mol. The number of nitriles is 1. The van der Waals surface area contributed by atoms with Crippen molar-refractivity contribution in [2.45, 2.75) is 45.3 Å². The van der Waals surface area contributed by atoms with E-state index in [-0.39, 0.29) is 29.6 Å². The maximum atomic E-state index is 12.6. The molecule has 3 atom stereocenters. The topological polar surface area (TPSA) is 87.3 Å². The molecule has 2 aromatic heterocycles. The molecule has 1 aliphatic rings. The zero-order valence-electron chi connectivity index (χ0n) is 19.7. The van der Waals surface area contributed by atoms with E-state index in [4.69, 9.17) is 0 Å². The number of nitrogens with zero attached hydrogens (tertiary/aromatic N) is 6. The average molecular weight is 486 g/mol. The molecule has 0 spiro atoms. The van der Waals surface area contributed by atoms with Crippen molar-refractivity contribution in [3.05, 3.63) is 58.1 Å². The van der Waals surface area contributed by atoms with Crippen molar-refractivity contribution in [2.24, 2.45) is 7.05 Å². The first-order valence-electron chi connectivity index (χ1n) is 11.1. The van der Waals surface area contributed by atoms with Gasteiger partial charge in [0.05, 0.1) is 5.52 Å². The Morgan fingerprint density at radius 2 is 1.77 bits per heavy atom. The van der Waals surface area contributed by atoms with Crippen molar-refractivity contribution in [3.63, 3.8) is 0 Å². The molecule has 0 bridgehead atoms. The van der Waals surface area contributed by atoms with Crippen LogP contribution in [0.4, 0.5) is 19.0 Å². The fraction of sp³-hybridized carbons (Fsp3) is 0.417. The van der Waals surface area contributed by atoms with E-state index in [0.717, 1.165) is 5.56 Å². The summed E-state index contributed by atoms with van der Waals surface area (Å²) >= 11 is 0. The number of anilines is 1. The van der Waals surface area contributed by atoms with Crippen LogP contribution in [0.1, 0.15) is 38.1 Å². The lowest BCUT2D eigenvalue weighted by Crippen LogP contribution is -2.57. The van der Waals surface area contributed by atoms with E-state index in [1.807, 2.05) is 31.7 Å². The number of alkyl halides is 3. The number of fused-ring (bicyclic) bond motifs is 1. The molecule has 8 nitrogen and oxygen atoms in total. The SMILES string of the molecule is CC(c1ccc(OC(F)(F)F)cc1)N1C[C@H](C)N(c2nc(=O)n(C)c3ccc(C#N)nc23)C[C@H]1C. The molecule has 0 saturated carbocycles. The van der Waals surface area contributed by atoms with Gasteiger partial charge < -0.3 is 9.64 Å². The second kappa shape index (κ2) is 9.19. The summed E-state index contributed by atoms with van der Waals surface area (Å²) in [5.41, 5.74) is 1.79. The number of rotatable bonds is 4. The second-order valence-electron chi connectivity index (χ2n) is 8.79. The number of piperazine rings is 1. The predicted octanol–water partition coefficient (Wildman–Crippen LogP) is 3.76. The summed E-state index contributed by atoms with van der Waals surface area (Å²) in [6.45, 7) is 7.25. The van der Waals surface area contributed by atoms with Gasteiger partial charge in [-0.15, -0.1) is 13.2 Å². The monoisotopic (exact) mass is 486 g/mol. The summed E-state index contributed by atoms with van der Waals surface area (Å²) in [5, 5.41) is 9.31. The molecule has 0 amide bonds. The standard InChI is InChI=1S/C24H25F3N6O2/c1-14-13-33(22-21-20(31(4)23(34)30-22)10-7-18(11-28)29-21)15(2)12-32(14)16(3)17-5-8-19(9-6-17)35-24(25,26)27/h5-10,14-16H,12-13H2,1-4H3/t14-,15+,16?/m1/s1. The molecule has 0 radical (unpaired) electrons. The summed E-state index contributed by atoms with van der Waals surface area (Å²) in [4.78, 5) is 25.6. The van der Waals surface area contributed by atoms with Crippen LogP contribution in [0.2, 0.25) is 0 Å². The lowest BCUT2D eigenvalue weighted by Gasteiger charge is -2.47. The summed E-state index contributed by atoms with van der Waals surface area (Å²) < 4.78 is 42.8. The molecular weight excluding hydrogens is 461 g/mol. The van der Waals surface area contributed by atoms with Crippen molar-refractivity contribution in [1.29, 1.82) is 5.26 Å². The highest BCUT2D eigenvalue weighted by Crippen LogP contribution is 2.32. The van der Waals surface area contributed by atoms with Crippen molar-refractivity contribution < 1.29 is 17.9 Å². The van der Waals surface area contributed by atoms with Crippen LogP contribution < -0.4 is 15.3 Å². The number of aromatic nitrogens is 3. The highest BCUT2D eigenvalue weighted by Gasteiger charge is 2.35. The number of aryl methyl sites for hydroxylation is 1. The van der Waals surface area contributed by atoms with E-state index in [0.29, 0.717) is 29.9 Å². The van der Waals surface area contributed by atoms with Gasteiger partial charge in [0.15, 0.2) is 5.82 Å². The number of hydrogen-bond acceptors (Lipinski definition) is 7. The summed E-state index contributed by atoms with van der Waals surface area (Å²) in [7, 11) is 1.62. The molecular formula is C24H25F3N6O2. The summed E-state index contributed by atoms with van der Waals surface area (Å²) in [5.74, 6) is 0.188. The number of hydrogen-bond donors (Lipinski definition) is 0. The van der Waals surface area contributed by atoms with E-state index < -0.39 is 12.1 Å². The average Bonchev–Trinajstić information content (AvgIpc) is 2.81. The van der Waals surface area contributed by atoms with Gasteiger partial charge in [-0.25, -0.2) is 9.78 Å². The molecule has 184 valence electrons. The van der Waals surface area contributed by atoms with Crippen LogP contribution in [0.3, 0.4) is 0 Å².